The maximum atomic E-state index is 13.4. The zero-order valence-electron chi connectivity index (χ0n) is 10.1. The highest BCUT2D eigenvalue weighted by atomic mass is 19.1. The lowest BCUT2D eigenvalue weighted by atomic mass is 10.0. The van der Waals surface area contributed by atoms with Crippen LogP contribution in [0.1, 0.15) is 11.3 Å². The Labute approximate surface area is 108 Å². The minimum atomic E-state index is -0.745. The molecule has 2 aromatic rings. The van der Waals surface area contributed by atoms with Crippen molar-refractivity contribution in [3.8, 4) is 0 Å². The van der Waals surface area contributed by atoms with Crippen LogP contribution in [0.25, 0.3) is 0 Å². The van der Waals surface area contributed by atoms with E-state index in [-0.39, 0.29) is 17.8 Å². The zero-order valence-corrected chi connectivity index (χ0v) is 10.1. The molecule has 0 bridgehead atoms. The van der Waals surface area contributed by atoms with Gasteiger partial charge in [-0.1, -0.05) is 6.07 Å². The number of rotatable bonds is 5. The van der Waals surface area contributed by atoms with Crippen molar-refractivity contribution in [1.29, 1.82) is 0 Å². The summed E-state index contributed by atoms with van der Waals surface area (Å²) in [5.41, 5.74) is 6.62. The minimum Gasteiger partial charge on any atom is -0.348 e. The van der Waals surface area contributed by atoms with Gasteiger partial charge in [-0.2, -0.15) is 0 Å². The van der Waals surface area contributed by atoms with Crippen LogP contribution < -0.4 is 5.73 Å². The largest absolute Gasteiger partial charge is 0.348 e. The van der Waals surface area contributed by atoms with E-state index in [1.54, 1.807) is 6.20 Å². The quantitative estimate of drug-likeness (QED) is 0.857. The van der Waals surface area contributed by atoms with Crippen LogP contribution in [0.2, 0.25) is 0 Å². The van der Waals surface area contributed by atoms with E-state index in [4.69, 9.17) is 5.73 Å². The fourth-order valence-corrected chi connectivity index (χ4v) is 1.73. The predicted octanol–water partition coefficient (Wildman–Crippen LogP) is 1.37. The fraction of sp³-hybridized carbons (Fsp3) is 0.231. The van der Waals surface area contributed by atoms with Crippen molar-refractivity contribution in [2.45, 2.75) is 18.9 Å². The van der Waals surface area contributed by atoms with Crippen LogP contribution in [0.4, 0.5) is 8.78 Å². The second-order valence-electron chi connectivity index (χ2n) is 4.27. The number of nitrogens with two attached hydrogens (primary N) is 1. The molecule has 0 aliphatic carbocycles. The first-order chi connectivity index (χ1) is 9.06. The molecule has 0 radical (unpaired) electrons. The van der Waals surface area contributed by atoms with Gasteiger partial charge in [0.15, 0.2) is 5.78 Å². The van der Waals surface area contributed by atoms with Gasteiger partial charge >= 0.3 is 0 Å². The van der Waals surface area contributed by atoms with Gasteiger partial charge in [0.1, 0.15) is 11.6 Å². The van der Waals surface area contributed by atoms with Gasteiger partial charge in [0.2, 0.25) is 0 Å². The number of benzene rings is 1. The van der Waals surface area contributed by atoms with Gasteiger partial charge in [-0.25, -0.2) is 13.8 Å². The first kappa shape index (κ1) is 13.4. The Kier molecular flexibility index (Phi) is 4.01. The third-order valence-corrected chi connectivity index (χ3v) is 2.79. The highest BCUT2D eigenvalue weighted by Crippen LogP contribution is 2.11. The Bertz CT molecular complexity index is 569. The van der Waals surface area contributed by atoms with E-state index in [1.807, 2.05) is 0 Å². The topological polar surface area (TPSA) is 71.8 Å². The van der Waals surface area contributed by atoms with Crippen LogP contribution in [-0.4, -0.2) is 21.8 Å². The highest BCUT2D eigenvalue weighted by molar-refractivity contribution is 5.86. The molecule has 100 valence electrons. The maximum Gasteiger partial charge on any atom is 0.154 e. The maximum absolute atomic E-state index is 13.4. The van der Waals surface area contributed by atoms with E-state index < -0.39 is 17.7 Å². The molecule has 1 aromatic heterocycles. The molecule has 2 rings (SSSR count). The number of carbonyl (C=O) groups excluding carboxylic acids is 1. The van der Waals surface area contributed by atoms with E-state index in [9.17, 15) is 13.6 Å². The molecule has 1 atom stereocenters. The third-order valence-electron chi connectivity index (χ3n) is 2.79. The van der Waals surface area contributed by atoms with Crippen molar-refractivity contribution in [2.75, 3.05) is 0 Å². The summed E-state index contributed by atoms with van der Waals surface area (Å²) < 4.78 is 26.1. The van der Waals surface area contributed by atoms with E-state index >= 15 is 0 Å². The van der Waals surface area contributed by atoms with Gasteiger partial charge in [-0.15, -0.1) is 0 Å². The van der Waals surface area contributed by atoms with E-state index in [0.29, 0.717) is 6.42 Å². The van der Waals surface area contributed by atoms with Gasteiger partial charge in [0.05, 0.1) is 12.4 Å². The molecule has 0 saturated carbocycles. The smallest absolute Gasteiger partial charge is 0.154 e. The molecule has 0 aliphatic heterocycles. The van der Waals surface area contributed by atoms with Crippen LogP contribution in [0.3, 0.4) is 0 Å². The number of ketones is 1. The first-order valence-electron chi connectivity index (χ1n) is 5.75. The van der Waals surface area contributed by atoms with Gasteiger partial charge in [0, 0.05) is 30.8 Å². The van der Waals surface area contributed by atoms with Crippen molar-refractivity contribution in [2.24, 2.45) is 5.73 Å². The Balaban J connectivity index is 2.00. The standard InChI is InChI=1S/C13H13F2N3O/c14-9-2-1-8(11(15)4-9)3-13(19)12(16)5-10-6-17-7-18-10/h1-2,4,6-7,12H,3,5,16H2,(H,17,18)/t12-/m0/s1. The van der Waals surface area contributed by atoms with Crippen molar-refractivity contribution < 1.29 is 13.6 Å². The van der Waals surface area contributed by atoms with E-state index in [0.717, 1.165) is 17.8 Å². The molecule has 4 nitrogen and oxygen atoms in total. The third kappa shape index (κ3) is 3.45. The Morgan fingerprint density at radius 3 is 2.84 bits per heavy atom. The number of H-pyrrole nitrogens is 1. The number of aromatic amines is 1. The van der Waals surface area contributed by atoms with E-state index in [1.165, 1.54) is 12.4 Å². The second kappa shape index (κ2) is 5.71. The number of hydrogen-bond donors (Lipinski definition) is 2. The molecule has 3 N–H and O–H groups in total. The number of Topliss-reactive ketones (excluding diaryl/α,β-unsaturated/α-hetero) is 1. The molecule has 0 spiro atoms. The van der Waals surface area contributed by atoms with Crippen molar-refractivity contribution in [3.63, 3.8) is 0 Å². The lowest BCUT2D eigenvalue weighted by molar-refractivity contribution is -0.119. The number of carbonyl (C=O) groups is 1. The SMILES string of the molecule is N[C@@H](Cc1cnc[nH]1)C(=O)Cc1ccc(F)cc1F. The summed E-state index contributed by atoms with van der Waals surface area (Å²) in [6.07, 6.45) is 3.22. The number of nitrogens with zero attached hydrogens (tertiary/aromatic N) is 1. The van der Waals surface area contributed by atoms with Crippen molar-refractivity contribution >= 4 is 5.78 Å². The van der Waals surface area contributed by atoms with Gasteiger partial charge in [-0.3, -0.25) is 4.79 Å². The Morgan fingerprint density at radius 1 is 1.42 bits per heavy atom. The monoisotopic (exact) mass is 265 g/mol. The van der Waals surface area contributed by atoms with Crippen LogP contribution in [-0.2, 0) is 17.6 Å². The second-order valence-corrected chi connectivity index (χ2v) is 4.27. The molecule has 1 aromatic carbocycles. The average molecular weight is 265 g/mol. The molecule has 1 heterocycles. The van der Waals surface area contributed by atoms with Crippen LogP contribution in [0.5, 0.6) is 0 Å². The summed E-state index contributed by atoms with van der Waals surface area (Å²) in [4.78, 5) is 18.5. The van der Waals surface area contributed by atoms with Crippen molar-refractivity contribution in [1.82, 2.24) is 9.97 Å². The summed E-state index contributed by atoms with van der Waals surface area (Å²) in [7, 11) is 0. The van der Waals surface area contributed by atoms with Crippen LogP contribution >= 0.6 is 0 Å². The summed E-state index contributed by atoms with van der Waals surface area (Å²) >= 11 is 0. The van der Waals surface area contributed by atoms with Gasteiger partial charge in [-0.05, 0) is 11.6 Å². The molecule has 0 aliphatic rings. The average Bonchev–Trinajstić information content (AvgIpc) is 2.85. The first-order valence-corrected chi connectivity index (χ1v) is 5.75. The van der Waals surface area contributed by atoms with Crippen LogP contribution in [0.15, 0.2) is 30.7 Å². The number of hydrogen-bond acceptors (Lipinski definition) is 3. The lowest BCUT2D eigenvalue weighted by Crippen LogP contribution is -2.34. The zero-order chi connectivity index (χ0) is 13.8. The summed E-state index contributed by atoms with van der Waals surface area (Å²) in [5, 5.41) is 0. The molecule has 19 heavy (non-hydrogen) atoms. The number of halogens is 2. The number of nitrogens with one attached hydrogen (secondary N) is 1. The molecule has 0 unspecified atom stereocenters. The summed E-state index contributed by atoms with van der Waals surface area (Å²) in [5.74, 6) is -1.71. The van der Waals surface area contributed by atoms with Crippen molar-refractivity contribution in [3.05, 3.63) is 53.6 Å². The number of aromatic nitrogens is 2. The van der Waals surface area contributed by atoms with Gasteiger partial charge in [0.25, 0.3) is 0 Å². The predicted molar refractivity (Wildman–Crippen MR) is 65.3 cm³/mol. The normalized spacial score (nSPS) is 12.4. The molecule has 0 saturated heterocycles. The summed E-state index contributed by atoms with van der Waals surface area (Å²) in [6.45, 7) is 0. The molecule has 6 heteroatoms. The van der Waals surface area contributed by atoms with Crippen LogP contribution in [0, 0.1) is 11.6 Å². The Hall–Kier alpha value is -2.08. The molecule has 0 amide bonds. The number of imidazole rings is 1. The Morgan fingerprint density at radius 2 is 2.21 bits per heavy atom. The minimum absolute atomic E-state index is 0.145. The molecule has 0 fully saturated rings. The van der Waals surface area contributed by atoms with Gasteiger partial charge < -0.3 is 10.7 Å². The molecular formula is C13H13F2N3O. The van der Waals surface area contributed by atoms with E-state index in [2.05, 4.69) is 9.97 Å². The fourth-order valence-electron chi connectivity index (χ4n) is 1.73. The molecular weight excluding hydrogens is 252 g/mol. The summed E-state index contributed by atoms with van der Waals surface area (Å²) in [6, 6.07) is 2.38. The highest BCUT2D eigenvalue weighted by Gasteiger charge is 2.17. The lowest BCUT2D eigenvalue weighted by Gasteiger charge is -2.09.